The second-order valence-electron chi connectivity index (χ2n) is 6.42. The summed E-state index contributed by atoms with van der Waals surface area (Å²) < 4.78 is 50.4. The molecule has 0 aromatic rings. The van der Waals surface area contributed by atoms with Crippen molar-refractivity contribution in [2.45, 2.75) is 52.8 Å². The van der Waals surface area contributed by atoms with Crippen molar-refractivity contribution in [3.63, 3.8) is 0 Å². The number of aliphatic hydroxyl groups is 1. The zero-order valence-electron chi connectivity index (χ0n) is 15.9. The molecule has 0 aliphatic carbocycles. The first kappa shape index (κ1) is 25.2. The summed E-state index contributed by atoms with van der Waals surface area (Å²) in [5, 5.41) is 9.21. The van der Waals surface area contributed by atoms with Crippen LogP contribution in [0.25, 0.3) is 0 Å². The number of esters is 3. The normalized spacial score (nSPS) is 16.0. The summed E-state index contributed by atoms with van der Waals surface area (Å²) in [5.41, 5.74) is 0. The van der Waals surface area contributed by atoms with Crippen molar-refractivity contribution in [3.8, 4) is 0 Å². The second-order valence-corrected chi connectivity index (χ2v) is 6.42. The number of hydrogen-bond donors (Lipinski definition) is 1. The molecule has 4 unspecified atom stereocenters. The van der Waals surface area contributed by atoms with Gasteiger partial charge in [-0.1, -0.05) is 13.8 Å². The third kappa shape index (κ3) is 11.5. The lowest BCUT2D eigenvalue weighted by atomic mass is 9.88. The van der Waals surface area contributed by atoms with Gasteiger partial charge in [-0.15, -0.1) is 0 Å². The maximum absolute atomic E-state index is 12.2. The van der Waals surface area contributed by atoms with E-state index in [0.29, 0.717) is 0 Å². The number of ether oxygens (including phenoxy) is 3. The van der Waals surface area contributed by atoms with Crippen LogP contribution in [0.2, 0.25) is 0 Å². The third-order valence-electron chi connectivity index (χ3n) is 3.55. The van der Waals surface area contributed by atoms with Crippen molar-refractivity contribution in [1.82, 2.24) is 0 Å². The summed E-state index contributed by atoms with van der Waals surface area (Å²) in [6.07, 6.45) is -5.75. The zero-order valence-corrected chi connectivity index (χ0v) is 15.9. The Morgan fingerprint density at radius 3 is 1.78 bits per heavy atom. The molecule has 0 aromatic carbocycles. The van der Waals surface area contributed by atoms with E-state index in [-0.39, 0.29) is 26.1 Å². The van der Waals surface area contributed by atoms with Gasteiger partial charge in [-0.3, -0.25) is 14.4 Å². The van der Waals surface area contributed by atoms with Gasteiger partial charge in [0.2, 0.25) is 0 Å². The first-order valence-corrected chi connectivity index (χ1v) is 8.62. The van der Waals surface area contributed by atoms with Crippen LogP contribution in [0.4, 0.5) is 13.2 Å². The maximum atomic E-state index is 12.2. The Morgan fingerprint density at radius 1 is 0.889 bits per heavy atom. The van der Waals surface area contributed by atoms with Gasteiger partial charge >= 0.3 is 24.1 Å². The van der Waals surface area contributed by atoms with Gasteiger partial charge in [0.15, 0.2) is 6.61 Å². The molecule has 0 fully saturated rings. The van der Waals surface area contributed by atoms with Crippen LogP contribution in [0.5, 0.6) is 0 Å². The zero-order chi connectivity index (χ0) is 21.2. The fourth-order valence-electron chi connectivity index (χ4n) is 2.24. The SMILES string of the molecule is CCOC(=O)C(C)CC(CC(C)C(=O)OCC(F)(F)F)C(=O)OCC(C)O. The first-order chi connectivity index (χ1) is 12.4. The molecular formula is C17H27F3O7. The Kier molecular flexibility index (Phi) is 11.0. The molecule has 10 heteroatoms. The third-order valence-corrected chi connectivity index (χ3v) is 3.55. The van der Waals surface area contributed by atoms with Crippen molar-refractivity contribution < 1.29 is 46.9 Å². The van der Waals surface area contributed by atoms with Gasteiger partial charge < -0.3 is 19.3 Å². The Hall–Kier alpha value is -1.84. The minimum absolute atomic E-state index is 0.0195. The summed E-state index contributed by atoms with van der Waals surface area (Å²) in [4.78, 5) is 35.7. The van der Waals surface area contributed by atoms with Gasteiger partial charge in [0.05, 0.1) is 30.5 Å². The minimum Gasteiger partial charge on any atom is -0.466 e. The summed E-state index contributed by atoms with van der Waals surface area (Å²) in [5.74, 6) is -5.07. The van der Waals surface area contributed by atoms with Crippen LogP contribution in [-0.2, 0) is 28.6 Å². The Bertz CT molecular complexity index is 491. The smallest absolute Gasteiger partial charge is 0.422 e. The van der Waals surface area contributed by atoms with Crippen LogP contribution in [0.15, 0.2) is 0 Å². The van der Waals surface area contributed by atoms with Crippen molar-refractivity contribution in [2.24, 2.45) is 17.8 Å². The lowest BCUT2D eigenvalue weighted by Crippen LogP contribution is -2.30. The van der Waals surface area contributed by atoms with E-state index in [1.54, 1.807) is 6.92 Å². The van der Waals surface area contributed by atoms with Crippen molar-refractivity contribution in [2.75, 3.05) is 19.8 Å². The highest BCUT2D eigenvalue weighted by molar-refractivity contribution is 5.77. The van der Waals surface area contributed by atoms with Crippen LogP contribution in [-0.4, -0.2) is 55.1 Å². The Labute approximate surface area is 156 Å². The van der Waals surface area contributed by atoms with E-state index in [1.165, 1.54) is 20.8 Å². The fourth-order valence-corrected chi connectivity index (χ4v) is 2.24. The predicted octanol–water partition coefficient (Wildman–Crippen LogP) is 2.25. The minimum atomic E-state index is -4.65. The largest absolute Gasteiger partial charge is 0.466 e. The van der Waals surface area contributed by atoms with E-state index in [0.717, 1.165) is 0 Å². The van der Waals surface area contributed by atoms with Gasteiger partial charge in [0.25, 0.3) is 0 Å². The van der Waals surface area contributed by atoms with Crippen molar-refractivity contribution >= 4 is 17.9 Å². The fraction of sp³-hybridized carbons (Fsp3) is 0.824. The monoisotopic (exact) mass is 400 g/mol. The second kappa shape index (κ2) is 11.8. The van der Waals surface area contributed by atoms with Crippen molar-refractivity contribution in [3.05, 3.63) is 0 Å². The maximum Gasteiger partial charge on any atom is 0.422 e. The summed E-state index contributed by atoms with van der Waals surface area (Å²) in [6.45, 7) is 4.03. The van der Waals surface area contributed by atoms with Gasteiger partial charge in [-0.2, -0.15) is 13.2 Å². The average molecular weight is 400 g/mol. The van der Waals surface area contributed by atoms with E-state index in [2.05, 4.69) is 4.74 Å². The van der Waals surface area contributed by atoms with Crippen LogP contribution in [0, 0.1) is 17.8 Å². The number of alkyl halides is 3. The molecule has 0 saturated heterocycles. The molecule has 0 bridgehead atoms. The molecule has 0 spiro atoms. The van der Waals surface area contributed by atoms with Gasteiger partial charge in [-0.05, 0) is 26.7 Å². The van der Waals surface area contributed by atoms with Crippen LogP contribution in [0.3, 0.4) is 0 Å². The lowest BCUT2D eigenvalue weighted by Gasteiger charge is -2.22. The highest BCUT2D eigenvalue weighted by atomic mass is 19.4. The molecule has 0 aliphatic heterocycles. The molecule has 4 atom stereocenters. The summed E-state index contributed by atoms with van der Waals surface area (Å²) in [7, 11) is 0. The number of carbonyl (C=O) groups excluding carboxylic acids is 3. The van der Waals surface area contributed by atoms with Crippen LogP contribution < -0.4 is 0 Å². The van der Waals surface area contributed by atoms with E-state index < -0.39 is 54.5 Å². The van der Waals surface area contributed by atoms with Gasteiger partial charge in [0.1, 0.15) is 6.61 Å². The highest BCUT2D eigenvalue weighted by Gasteiger charge is 2.33. The quantitative estimate of drug-likeness (QED) is 0.419. The van der Waals surface area contributed by atoms with Crippen LogP contribution in [0.1, 0.15) is 40.5 Å². The lowest BCUT2D eigenvalue weighted by molar-refractivity contribution is -0.189. The predicted molar refractivity (Wildman–Crippen MR) is 87.3 cm³/mol. The molecule has 1 N–H and O–H groups in total. The summed E-state index contributed by atoms with van der Waals surface area (Å²) in [6, 6.07) is 0. The molecule has 0 radical (unpaired) electrons. The Balaban J connectivity index is 4.98. The van der Waals surface area contributed by atoms with Gasteiger partial charge in [0, 0.05) is 0 Å². The number of hydrogen-bond acceptors (Lipinski definition) is 7. The number of carbonyl (C=O) groups is 3. The van der Waals surface area contributed by atoms with Crippen molar-refractivity contribution in [1.29, 1.82) is 0 Å². The Morgan fingerprint density at radius 2 is 1.37 bits per heavy atom. The molecular weight excluding hydrogens is 373 g/mol. The molecule has 158 valence electrons. The average Bonchev–Trinajstić information content (AvgIpc) is 2.55. The summed E-state index contributed by atoms with van der Waals surface area (Å²) >= 11 is 0. The van der Waals surface area contributed by atoms with Gasteiger partial charge in [-0.25, -0.2) is 0 Å². The molecule has 0 aromatic heterocycles. The van der Waals surface area contributed by atoms with Crippen LogP contribution >= 0.6 is 0 Å². The van der Waals surface area contributed by atoms with E-state index >= 15 is 0 Å². The topological polar surface area (TPSA) is 99.1 Å². The standard InChI is InChI=1S/C17H27F3O7/c1-5-25-14(22)10(2)6-13(16(24)26-8-12(4)21)7-11(3)15(23)27-9-17(18,19)20/h10-13,21H,5-9H2,1-4H3. The number of rotatable bonds is 11. The van der Waals surface area contributed by atoms with E-state index in [1.807, 2.05) is 0 Å². The molecule has 0 heterocycles. The highest BCUT2D eigenvalue weighted by Crippen LogP contribution is 2.24. The van der Waals surface area contributed by atoms with E-state index in [4.69, 9.17) is 9.47 Å². The number of halogens is 3. The molecule has 0 rings (SSSR count). The first-order valence-electron chi connectivity index (χ1n) is 8.62. The number of aliphatic hydroxyl groups excluding tert-OH is 1. The molecule has 27 heavy (non-hydrogen) atoms. The van der Waals surface area contributed by atoms with E-state index in [9.17, 15) is 32.7 Å². The molecule has 0 amide bonds. The molecule has 0 aliphatic rings. The molecule has 7 nitrogen and oxygen atoms in total. The molecule has 0 saturated carbocycles.